The zero-order valence-corrected chi connectivity index (χ0v) is 6.38. The van der Waals surface area contributed by atoms with E-state index in [2.05, 4.69) is 17.9 Å². The summed E-state index contributed by atoms with van der Waals surface area (Å²) < 4.78 is 4.64. The summed E-state index contributed by atoms with van der Waals surface area (Å²) in [4.78, 5) is 10.8. The summed E-state index contributed by atoms with van der Waals surface area (Å²) in [7, 11) is 0. The van der Waals surface area contributed by atoms with E-state index in [0.717, 1.165) is 0 Å². The van der Waals surface area contributed by atoms with Gasteiger partial charge in [-0.3, -0.25) is 0 Å². The number of aliphatic hydroxyl groups is 1. The number of ether oxygens (including phenoxy) is 1. The minimum atomic E-state index is -0.473. The fraction of sp³-hybridized carbons (Fsp3) is 0.375. The van der Waals surface area contributed by atoms with Gasteiger partial charge in [0, 0.05) is 18.6 Å². The van der Waals surface area contributed by atoms with E-state index >= 15 is 0 Å². The first-order valence-corrected chi connectivity index (χ1v) is 3.29. The monoisotopic (exact) mass is 156 g/mol. The molecule has 0 aliphatic heterocycles. The average Bonchev–Trinajstić information content (AvgIpc) is 2.00. The molecule has 0 heterocycles. The Balaban J connectivity index is 3.64. The highest BCUT2D eigenvalue weighted by Gasteiger charge is 2.05. The van der Waals surface area contributed by atoms with Crippen molar-refractivity contribution in [3.63, 3.8) is 0 Å². The van der Waals surface area contributed by atoms with Gasteiger partial charge in [-0.25, -0.2) is 4.79 Å². The molecule has 0 aliphatic rings. The van der Waals surface area contributed by atoms with Crippen LogP contribution in [-0.4, -0.2) is 24.3 Å². The molecular weight excluding hydrogens is 144 g/mol. The number of hydrogen-bond donors (Lipinski definition) is 1. The summed E-state index contributed by atoms with van der Waals surface area (Å²) in [5, 5.41) is 8.42. The largest absolute Gasteiger partial charge is 0.458 e. The van der Waals surface area contributed by atoms with Crippen LogP contribution in [-0.2, 0) is 9.53 Å². The third-order valence-corrected chi connectivity index (χ3v) is 1.03. The molecule has 11 heavy (non-hydrogen) atoms. The number of aliphatic hydroxyl groups excluding tert-OH is 1. The smallest absolute Gasteiger partial charge is 0.333 e. The predicted molar refractivity (Wildman–Crippen MR) is 42.0 cm³/mol. The highest BCUT2D eigenvalue weighted by molar-refractivity contribution is 5.87. The molecule has 0 aromatic heterocycles. The van der Waals surface area contributed by atoms with Gasteiger partial charge < -0.3 is 9.84 Å². The van der Waals surface area contributed by atoms with E-state index in [1.807, 2.05) is 0 Å². The van der Waals surface area contributed by atoms with Crippen LogP contribution < -0.4 is 0 Å². The summed E-state index contributed by atoms with van der Waals surface area (Å²) in [6, 6.07) is 0. The number of carbonyl (C=O) groups excluding carboxylic acids is 1. The molecule has 0 saturated heterocycles. The lowest BCUT2D eigenvalue weighted by Crippen LogP contribution is -2.08. The van der Waals surface area contributed by atoms with Crippen LogP contribution in [0.25, 0.3) is 0 Å². The highest BCUT2D eigenvalue weighted by atomic mass is 16.5. The predicted octanol–water partition coefficient (Wildman–Crippen LogP) is 0.654. The van der Waals surface area contributed by atoms with E-state index in [9.17, 15) is 4.79 Å². The number of esters is 1. The van der Waals surface area contributed by atoms with E-state index < -0.39 is 5.97 Å². The van der Waals surface area contributed by atoms with Crippen molar-refractivity contribution in [3.05, 3.63) is 24.8 Å². The van der Waals surface area contributed by atoms with E-state index in [1.165, 1.54) is 6.08 Å². The topological polar surface area (TPSA) is 46.5 Å². The molecule has 0 aliphatic carbocycles. The van der Waals surface area contributed by atoms with Crippen molar-refractivity contribution in [3.8, 4) is 0 Å². The Hall–Kier alpha value is -1.09. The summed E-state index contributed by atoms with van der Waals surface area (Å²) in [6.07, 6.45) is 1.74. The van der Waals surface area contributed by atoms with Crippen LogP contribution in [0.15, 0.2) is 24.8 Å². The Bertz CT molecular complexity index is 161. The first-order chi connectivity index (χ1) is 5.22. The van der Waals surface area contributed by atoms with Gasteiger partial charge >= 0.3 is 5.97 Å². The second kappa shape index (κ2) is 5.68. The SMILES string of the molecule is C=CCOC(=O)C(=C)CCO. The molecule has 0 fully saturated rings. The van der Waals surface area contributed by atoms with Crippen molar-refractivity contribution in [2.75, 3.05) is 13.2 Å². The van der Waals surface area contributed by atoms with Crippen molar-refractivity contribution in [2.45, 2.75) is 6.42 Å². The first kappa shape index (κ1) is 9.91. The van der Waals surface area contributed by atoms with Crippen molar-refractivity contribution in [2.24, 2.45) is 0 Å². The molecule has 1 N–H and O–H groups in total. The fourth-order valence-electron chi connectivity index (χ4n) is 0.474. The van der Waals surface area contributed by atoms with E-state index in [4.69, 9.17) is 5.11 Å². The van der Waals surface area contributed by atoms with Crippen LogP contribution in [0.4, 0.5) is 0 Å². The van der Waals surface area contributed by atoms with E-state index in [0.29, 0.717) is 0 Å². The maximum Gasteiger partial charge on any atom is 0.333 e. The van der Waals surface area contributed by atoms with Gasteiger partial charge in [0.15, 0.2) is 0 Å². The fourth-order valence-corrected chi connectivity index (χ4v) is 0.474. The molecule has 0 aromatic rings. The zero-order valence-electron chi connectivity index (χ0n) is 6.38. The third kappa shape index (κ3) is 4.33. The molecule has 0 saturated carbocycles. The average molecular weight is 156 g/mol. The molecule has 0 spiro atoms. The number of carbonyl (C=O) groups is 1. The molecule has 0 unspecified atom stereocenters. The van der Waals surface area contributed by atoms with E-state index in [-0.39, 0.29) is 25.2 Å². The third-order valence-electron chi connectivity index (χ3n) is 1.03. The van der Waals surface area contributed by atoms with Gasteiger partial charge in [-0.2, -0.15) is 0 Å². The Labute approximate surface area is 66.0 Å². The summed E-state index contributed by atoms with van der Waals surface area (Å²) >= 11 is 0. The van der Waals surface area contributed by atoms with Gasteiger partial charge in [-0.05, 0) is 0 Å². The van der Waals surface area contributed by atoms with Crippen LogP contribution in [0, 0.1) is 0 Å². The standard InChI is InChI=1S/C8H12O3/c1-3-6-11-8(10)7(2)4-5-9/h3,9H,1-2,4-6H2. The molecule has 0 aromatic carbocycles. The van der Waals surface area contributed by atoms with Gasteiger partial charge in [-0.15, -0.1) is 0 Å². The molecule has 0 radical (unpaired) electrons. The Morgan fingerprint density at radius 1 is 1.64 bits per heavy atom. The molecule has 62 valence electrons. The molecule has 0 bridgehead atoms. The van der Waals surface area contributed by atoms with Gasteiger partial charge in [0.05, 0.1) is 0 Å². The Morgan fingerprint density at radius 3 is 2.73 bits per heavy atom. The van der Waals surface area contributed by atoms with Crippen molar-refractivity contribution >= 4 is 5.97 Å². The second-order valence-corrected chi connectivity index (χ2v) is 1.96. The minimum absolute atomic E-state index is 0.0813. The lowest BCUT2D eigenvalue weighted by Gasteiger charge is -2.02. The van der Waals surface area contributed by atoms with Crippen molar-refractivity contribution in [1.82, 2.24) is 0 Å². The van der Waals surface area contributed by atoms with Crippen molar-refractivity contribution in [1.29, 1.82) is 0 Å². The van der Waals surface area contributed by atoms with Crippen LogP contribution in [0.2, 0.25) is 0 Å². The maximum absolute atomic E-state index is 10.8. The van der Waals surface area contributed by atoms with E-state index in [1.54, 1.807) is 0 Å². The van der Waals surface area contributed by atoms with Crippen LogP contribution >= 0.6 is 0 Å². The summed E-state index contributed by atoms with van der Waals surface area (Å²) in [6.45, 7) is 6.91. The molecule has 0 atom stereocenters. The molecule has 0 amide bonds. The van der Waals surface area contributed by atoms with Crippen LogP contribution in [0.1, 0.15) is 6.42 Å². The number of hydrogen-bond acceptors (Lipinski definition) is 3. The molecule has 3 nitrogen and oxygen atoms in total. The van der Waals surface area contributed by atoms with Crippen LogP contribution in [0.5, 0.6) is 0 Å². The number of rotatable bonds is 5. The lowest BCUT2D eigenvalue weighted by atomic mass is 10.2. The zero-order chi connectivity index (χ0) is 8.69. The van der Waals surface area contributed by atoms with Crippen LogP contribution in [0.3, 0.4) is 0 Å². The summed E-state index contributed by atoms with van der Waals surface area (Å²) in [5.41, 5.74) is 0.286. The maximum atomic E-state index is 10.8. The molecule has 0 rings (SSSR count). The first-order valence-electron chi connectivity index (χ1n) is 3.29. The molecule has 3 heteroatoms. The lowest BCUT2D eigenvalue weighted by molar-refractivity contribution is -0.138. The second-order valence-electron chi connectivity index (χ2n) is 1.96. The van der Waals surface area contributed by atoms with Crippen molar-refractivity contribution < 1.29 is 14.6 Å². The van der Waals surface area contributed by atoms with Gasteiger partial charge in [0.1, 0.15) is 6.61 Å². The summed E-state index contributed by atoms with van der Waals surface area (Å²) in [5.74, 6) is -0.473. The highest BCUT2D eigenvalue weighted by Crippen LogP contribution is 1.99. The Morgan fingerprint density at radius 2 is 2.27 bits per heavy atom. The normalized spacial score (nSPS) is 8.82. The van der Waals surface area contributed by atoms with Gasteiger partial charge in [-0.1, -0.05) is 19.2 Å². The van der Waals surface area contributed by atoms with Gasteiger partial charge in [0.25, 0.3) is 0 Å². The Kier molecular flexibility index (Phi) is 5.11. The quantitative estimate of drug-likeness (QED) is 0.361. The van der Waals surface area contributed by atoms with Gasteiger partial charge in [0.2, 0.25) is 0 Å². The minimum Gasteiger partial charge on any atom is -0.458 e. The molecular formula is C8H12O3.